The summed E-state index contributed by atoms with van der Waals surface area (Å²) in [4.78, 5) is 20.0. The fourth-order valence-electron chi connectivity index (χ4n) is 6.82. The van der Waals surface area contributed by atoms with Crippen LogP contribution in [-0.2, 0) is 6.54 Å². The second-order valence-electron chi connectivity index (χ2n) is 12.2. The van der Waals surface area contributed by atoms with Crippen molar-refractivity contribution in [1.29, 1.82) is 0 Å². The summed E-state index contributed by atoms with van der Waals surface area (Å²) in [5.41, 5.74) is 10.6. The minimum atomic E-state index is 0.641. The van der Waals surface area contributed by atoms with Gasteiger partial charge in [0.05, 0.1) is 16.7 Å². The number of hydrogen-bond donors (Lipinski definition) is 0. The summed E-state index contributed by atoms with van der Waals surface area (Å²) in [5, 5.41) is 3.66. The van der Waals surface area contributed by atoms with Gasteiger partial charge < -0.3 is 4.57 Å². The smallest absolute Gasteiger partial charge is 0.164 e. The van der Waals surface area contributed by atoms with Crippen LogP contribution in [0.1, 0.15) is 6.92 Å². The molecule has 0 atom stereocenters. The highest BCUT2D eigenvalue weighted by atomic mass is 15.0. The predicted molar refractivity (Wildman–Crippen MR) is 201 cm³/mol. The minimum absolute atomic E-state index is 0.641. The number of nitrogens with zero attached hydrogens (tertiary/aromatic N) is 5. The van der Waals surface area contributed by atoms with Crippen molar-refractivity contribution in [2.45, 2.75) is 13.5 Å². The van der Waals surface area contributed by atoms with E-state index >= 15 is 0 Å². The van der Waals surface area contributed by atoms with Crippen LogP contribution in [0.4, 0.5) is 0 Å². The molecular weight excluding hydrogens is 599 g/mol. The molecule has 6 aromatic carbocycles. The van der Waals surface area contributed by atoms with Crippen molar-refractivity contribution in [2.75, 3.05) is 0 Å². The molecule has 0 N–H and O–H groups in total. The first kappa shape index (κ1) is 28.7. The lowest BCUT2D eigenvalue weighted by molar-refractivity contribution is 0.829. The van der Waals surface area contributed by atoms with E-state index < -0.39 is 0 Å². The molecule has 0 spiro atoms. The fourth-order valence-corrected chi connectivity index (χ4v) is 6.82. The Labute approximate surface area is 284 Å². The molecule has 0 aliphatic carbocycles. The highest BCUT2D eigenvalue weighted by molar-refractivity contribution is 6.16. The second kappa shape index (κ2) is 12.0. The molecule has 0 fully saturated rings. The van der Waals surface area contributed by atoms with Crippen molar-refractivity contribution in [3.63, 3.8) is 0 Å². The van der Waals surface area contributed by atoms with Crippen LogP contribution in [0.3, 0.4) is 0 Å². The quantitative estimate of drug-likeness (QED) is 0.184. The van der Waals surface area contributed by atoms with Crippen LogP contribution in [0.15, 0.2) is 158 Å². The molecule has 0 unspecified atom stereocenters. The van der Waals surface area contributed by atoms with Gasteiger partial charge >= 0.3 is 0 Å². The summed E-state index contributed by atoms with van der Waals surface area (Å²) in [6.45, 7) is 3.09. The largest absolute Gasteiger partial charge is 0.339 e. The zero-order chi connectivity index (χ0) is 32.7. The number of fused-ring (bicyclic) bond motifs is 5. The molecule has 3 heterocycles. The van der Waals surface area contributed by atoms with Gasteiger partial charge in [-0.05, 0) is 36.2 Å². The molecule has 9 rings (SSSR count). The van der Waals surface area contributed by atoms with E-state index in [4.69, 9.17) is 19.9 Å². The number of aryl methyl sites for hydroxylation is 1. The standard InChI is InChI=1S/C44H31N5/c1-2-49-39-19-10-9-18-36(39)37-26-24-31-25-27-38(45-40(31)41(37)49)30-22-20-29(21-23-30)34-16-11-17-35(28-34)44-47-42(32-12-5-3-6-13-32)46-43(48-44)33-14-7-4-8-15-33/h3-28H,2H2,1H3. The van der Waals surface area contributed by atoms with Gasteiger partial charge in [-0.1, -0.05) is 140 Å². The van der Waals surface area contributed by atoms with Gasteiger partial charge in [0.2, 0.25) is 0 Å². The topological polar surface area (TPSA) is 56.5 Å². The van der Waals surface area contributed by atoms with Crippen molar-refractivity contribution in [1.82, 2.24) is 24.5 Å². The third-order valence-electron chi connectivity index (χ3n) is 9.24. The molecule has 49 heavy (non-hydrogen) atoms. The summed E-state index contributed by atoms with van der Waals surface area (Å²) in [7, 11) is 0. The van der Waals surface area contributed by atoms with E-state index in [1.54, 1.807) is 0 Å². The molecule has 5 nitrogen and oxygen atoms in total. The Morgan fingerprint density at radius 2 is 1.00 bits per heavy atom. The van der Waals surface area contributed by atoms with E-state index in [9.17, 15) is 0 Å². The first-order chi connectivity index (χ1) is 24.2. The van der Waals surface area contributed by atoms with Crippen molar-refractivity contribution in [3.8, 4) is 56.5 Å². The maximum Gasteiger partial charge on any atom is 0.164 e. The molecule has 0 saturated heterocycles. The van der Waals surface area contributed by atoms with E-state index in [0.29, 0.717) is 17.5 Å². The average Bonchev–Trinajstić information content (AvgIpc) is 3.52. The van der Waals surface area contributed by atoms with Crippen LogP contribution in [0, 0.1) is 0 Å². The highest BCUT2D eigenvalue weighted by Gasteiger charge is 2.15. The lowest BCUT2D eigenvalue weighted by Crippen LogP contribution is -2.00. The molecule has 0 saturated carbocycles. The lowest BCUT2D eigenvalue weighted by atomic mass is 10.00. The SMILES string of the molecule is CCn1c2ccccc2c2ccc3ccc(-c4ccc(-c5cccc(-c6nc(-c7ccccc7)nc(-c7ccccc7)n6)c5)cc4)nc3c21. The zero-order valence-electron chi connectivity index (χ0n) is 27.0. The Hall–Kier alpha value is -6.46. The maximum absolute atomic E-state index is 5.26. The minimum Gasteiger partial charge on any atom is -0.339 e. The molecule has 5 heteroatoms. The Bertz CT molecular complexity index is 2570. The number of aromatic nitrogens is 5. The summed E-state index contributed by atoms with van der Waals surface area (Å²) in [6, 6.07) is 54.6. The zero-order valence-corrected chi connectivity index (χ0v) is 27.0. The first-order valence-corrected chi connectivity index (χ1v) is 16.6. The molecule has 0 aliphatic heterocycles. The average molecular weight is 630 g/mol. The Morgan fingerprint density at radius 3 is 1.69 bits per heavy atom. The van der Waals surface area contributed by atoms with Gasteiger partial charge in [-0.2, -0.15) is 0 Å². The van der Waals surface area contributed by atoms with Crippen molar-refractivity contribution in [2.24, 2.45) is 0 Å². The fraction of sp³-hybridized carbons (Fsp3) is 0.0455. The van der Waals surface area contributed by atoms with Gasteiger partial charge in [0.15, 0.2) is 17.5 Å². The summed E-state index contributed by atoms with van der Waals surface area (Å²) in [6.07, 6.45) is 0. The van der Waals surface area contributed by atoms with Gasteiger partial charge in [0.1, 0.15) is 0 Å². The molecule has 232 valence electrons. The van der Waals surface area contributed by atoms with Crippen LogP contribution in [-0.4, -0.2) is 24.5 Å². The van der Waals surface area contributed by atoms with E-state index in [1.165, 1.54) is 21.8 Å². The second-order valence-corrected chi connectivity index (χ2v) is 12.2. The molecule has 3 aromatic heterocycles. The predicted octanol–water partition coefficient (Wildman–Crippen LogP) is 10.9. The number of pyridine rings is 1. The van der Waals surface area contributed by atoms with Crippen LogP contribution in [0.5, 0.6) is 0 Å². The summed E-state index contributed by atoms with van der Waals surface area (Å²) in [5.74, 6) is 1.94. The number of para-hydroxylation sites is 1. The summed E-state index contributed by atoms with van der Waals surface area (Å²) < 4.78 is 2.39. The normalized spacial score (nSPS) is 11.4. The van der Waals surface area contributed by atoms with Gasteiger partial charge in [-0.25, -0.2) is 19.9 Å². The number of benzene rings is 6. The number of hydrogen-bond acceptors (Lipinski definition) is 4. The molecule has 9 aromatic rings. The van der Waals surface area contributed by atoms with Crippen LogP contribution in [0.2, 0.25) is 0 Å². The lowest BCUT2D eigenvalue weighted by Gasteiger charge is -2.10. The third-order valence-corrected chi connectivity index (χ3v) is 9.24. The van der Waals surface area contributed by atoms with Crippen molar-refractivity contribution in [3.05, 3.63) is 158 Å². The molecule has 0 amide bonds. The Kier molecular flexibility index (Phi) is 7.02. The van der Waals surface area contributed by atoms with Crippen LogP contribution in [0.25, 0.3) is 89.3 Å². The monoisotopic (exact) mass is 629 g/mol. The van der Waals surface area contributed by atoms with E-state index in [0.717, 1.165) is 56.5 Å². The Morgan fingerprint density at radius 1 is 0.429 bits per heavy atom. The molecule has 0 aliphatic rings. The molecule has 0 radical (unpaired) electrons. The molecule has 0 bridgehead atoms. The Balaban J connectivity index is 1.09. The van der Waals surface area contributed by atoms with Crippen LogP contribution >= 0.6 is 0 Å². The third kappa shape index (κ3) is 5.13. The highest BCUT2D eigenvalue weighted by Crippen LogP contribution is 2.35. The first-order valence-electron chi connectivity index (χ1n) is 16.6. The van der Waals surface area contributed by atoms with Gasteiger partial charge in [0.25, 0.3) is 0 Å². The van der Waals surface area contributed by atoms with E-state index in [1.807, 2.05) is 60.7 Å². The van der Waals surface area contributed by atoms with Crippen molar-refractivity contribution < 1.29 is 0 Å². The summed E-state index contributed by atoms with van der Waals surface area (Å²) >= 11 is 0. The number of rotatable bonds is 6. The van der Waals surface area contributed by atoms with Crippen molar-refractivity contribution >= 4 is 32.7 Å². The molecular formula is C44H31N5. The van der Waals surface area contributed by atoms with E-state index in [-0.39, 0.29) is 0 Å². The van der Waals surface area contributed by atoms with Gasteiger partial charge in [-0.15, -0.1) is 0 Å². The van der Waals surface area contributed by atoms with Gasteiger partial charge in [-0.3, -0.25) is 0 Å². The van der Waals surface area contributed by atoms with Crippen LogP contribution < -0.4 is 0 Å². The van der Waals surface area contributed by atoms with E-state index in [2.05, 4.69) is 109 Å². The van der Waals surface area contributed by atoms with Gasteiger partial charge in [0, 0.05) is 50.5 Å². The maximum atomic E-state index is 5.26.